The Morgan fingerprint density at radius 1 is 1.12 bits per heavy atom. The van der Waals surface area contributed by atoms with Gasteiger partial charge in [0.25, 0.3) is 0 Å². The van der Waals surface area contributed by atoms with Gasteiger partial charge in [-0.1, -0.05) is 52.0 Å². The molecule has 0 aromatic heterocycles. The highest BCUT2D eigenvalue weighted by molar-refractivity contribution is 5.78. The third-order valence-electron chi connectivity index (χ3n) is 6.18. The SMILES string of the molecule is COc1cccc([C@H]2CN(Cc3cccc(F)c3)C[C@H]2CN(CC(C)C)C(=O)C(C)C)c1. The van der Waals surface area contributed by atoms with Crippen molar-refractivity contribution in [2.75, 3.05) is 33.3 Å². The van der Waals surface area contributed by atoms with Crippen molar-refractivity contribution in [2.45, 2.75) is 40.2 Å². The summed E-state index contributed by atoms with van der Waals surface area (Å²) in [5.74, 6) is 1.85. The van der Waals surface area contributed by atoms with Crippen molar-refractivity contribution in [1.29, 1.82) is 0 Å². The predicted octanol–water partition coefficient (Wildman–Crippen LogP) is 5.19. The van der Waals surface area contributed by atoms with E-state index in [1.807, 2.05) is 32.0 Å². The Morgan fingerprint density at radius 2 is 1.88 bits per heavy atom. The second-order valence-corrected chi connectivity index (χ2v) is 9.76. The first kappa shape index (κ1) is 24.2. The lowest BCUT2D eigenvalue weighted by molar-refractivity contribution is -0.135. The molecule has 2 aromatic carbocycles. The van der Waals surface area contributed by atoms with E-state index in [4.69, 9.17) is 4.74 Å². The van der Waals surface area contributed by atoms with Crippen LogP contribution >= 0.6 is 0 Å². The Kier molecular flexibility index (Phi) is 8.30. The van der Waals surface area contributed by atoms with Gasteiger partial charge >= 0.3 is 0 Å². The van der Waals surface area contributed by atoms with Crippen LogP contribution < -0.4 is 4.74 Å². The number of benzene rings is 2. The van der Waals surface area contributed by atoms with E-state index in [1.54, 1.807) is 19.2 Å². The maximum absolute atomic E-state index is 13.7. The van der Waals surface area contributed by atoms with Gasteiger partial charge in [-0.15, -0.1) is 0 Å². The highest BCUT2D eigenvalue weighted by atomic mass is 19.1. The minimum atomic E-state index is -0.201. The summed E-state index contributed by atoms with van der Waals surface area (Å²) in [7, 11) is 1.69. The Bertz CT molecular complexity index is 899. The number of carbonyl (C=O) groups is 1. The summed E-state index contributed by atoms with van der Waals surface area (Å²) in [5.41, 5.74) is 2.21. The summed E-state index contributed by atoms with van der Waals surface area (Å²) in [6.07, 6.45) is 0. The van der Waals surface area contributed by atoms with Crippen LogP contribution in [0.5, 0.6) is 5.75 Å². The number of likely N-dealkylation sites (tertiary alicyclic amines) is 1. The van der Waals surface area contributed by atoms with Crippen molar-refractivity contribution in [2.24, 2.45) is 17.8 Å². The van der Waals surface area contributed by atoms with Crippen molar-refractivity contribution in [3.05, 3.63) is 65.5 Å². The van der Waals surface area contributed by atoms with Crippen molar-refractivity contribution < 1.29 is 13.9 Å². The topological polar surface area (TPSA) is 32.8 Å². The van der Waals surface area contributed by atoms with Crippen LogP contribution in [0.3, 0.4) is 0 Å². The zero-order valence-corrected chi connectivity index (χ0v) is 20.1. The molecule has 4 nitrogen and oxygen atoms in total. The molecule has 0 unspecified atom stereocenters. The molecule has 0 spiro atoms. The van der Waals surface area contributed by atoms with E-state index in [9.17, 15) is 9.18 Å². The highest BCUT2D eigenvalue weighted by Crippen LogP contribution is 2.36. The van der Waals surface area contributed by atoms with Crippen LogP contribution in [0.15, 0.2) is 48.5 Å². The van der Waals surface area contributed by atoms with Gasteiger partial charge < -0.3 is 9.64 Å². The molecule has 0 aliphatic carbocycles. The molecule has 1 saturated heterocycles. The number of halogens is 1. The number of hydrogen-bond donors (Lipinski definition) is 0. The maximum Gasteiger partial charge on any atom is 0.225 e. The number of ether oxygens (including phenoxy) is 1. The molecule has 1 amide bonds. The van der Waals surface area contributed by atoms with Gasteiger partial charge in [-0.25, -0.2) is 4.39 Å². The van der Waals surface area contributed by atoms with Crippen LogP contribution in [0, 0.1) is 23.6 Å². The molecule has 1 fully saturated rings. The van der Waals surface area contributed by atoms with Gasteiger partial charge in [0.05, 0.1) is 7.11 Å². The molecule has 0 saturated carbocycles. The molecule has 1 aliphatic heterocycles. The largest absolute Gasteiger partial charge is 0.497 e. The fraction of sp³-hybridized carbons (Fsp3) is 0.519. The van der Waals surface area contributed by atoms with Crippen LogP contribution in [0.2, 0.25) is 0 Å². The summed E-state index contributed by atoms with van der Waals surface area (Å²) < 4.78 is 19.2. The van der Waals surface area contributed by atoms with Crippen LogP contribution in [-0.2, 0) is 11.3 Å². The Labute approximate surface area is 192 Å². The van der Waals surface area contributed by atoms with Crippen molar-refractivity contribution in [3.8, 4) is 5.75 Å². The molecule has 2 aromatic rings. The molecule has 0 bridgehead atoms. The first-order chi connectivity index (χ1) is 15.3. The molecule has 0 N–H and O–H groups in total. The van der Waals surface area contributed by atoms with Gasteiger partial charge in [0.1, 0.15) is 11.6 Å². The minimum absolute atomic E-state index is 0.0196. The normalized spacial score (nSPS) is 19.0. The fourth-order valence-electron chi connectivity index (χ4n) is 4.76. The smallest absolute Gasteiger partial charge is 0.225 e. The molecule has 1 heterocycles. The van der Waals surface area contributed by atoms with Crippen LogP contribution in [0.4, 0.5) is 4.39 Å². The third-order valence-corrected chi connectivity index (χ3v) is 6.18. The molecule has 2 atom stereocenters. The van der Waals surface area contributed by atoms with E-state index in [0.29, 0.717) is 18.4 Å². The third kappa shape index (κ3) is 6.32. The van der Waals surface area contributed by atoms with Crippen LogP contribution in [0.1, 0.15) is 44.7 Å². The van der Waals surface area contributed by atoms with Gasteiger partial charge in [-0.05, 0) is 47.2 Å². The van der Waals surface area contributed by atoms with E-state index >= 15 is 0 Å². The number of amides is 1. The second kappa shape index (κ2) is 11.0. The number of methoxy groups -OCH3 is 1. The predicted molar refractivity (Wildman–Crippen MR) is 127 cm³/mol. The first-order valence-electron chi connectivity index (χ1n) is 11.7. The quantitative estimate of drug-likeness (QED) is 0.538. The Hall–Kier alpha value is -2.40. The average Bonchev–Trinajstić information content (AvgIpc) is 3.14. The van der Waals surface area contributed by atoms with E-state index in [2.05, 4.69) is 35.8 Å². The van der Waals surface area contributed by atoms with Gasteiger partial charge in [-0.2, -0.15) is 0 Å². The highest BCUT2D eigenvalue weighted by Gasteiger charge is 2.36. The van der Waals surface area contributed by atoms with Crippen molar-refractivity contribution in [1.82, 2.24) is 9.80 Å². The molecule has 3 rings (SSSR count). The van der Waals surface area contributed by atoms with Crippen LogP contribution in [-0.4, -0.2) is 49.0 Å². The van der Waals surface area contributed by atoms with Gasteiger partial charge in [0.2, 0.25) is 5.91 Å². The van der Waals surface area contributed by atoms with Gasteiger partial charge in [0.15, 0.2) is 0 Å². The lowest BCUT2D eigenvalue weighted by Crippen LogP contribution is -2.41. The molecule has 5 heteroatoms. The van der Waals surface area contributed by atoms with Crippen LogP contribution in [0.25, 0.3) is 0 Å². The Balaban J connectivity index is 1.85. The maximum atomic E-state index is 13.7. The fourth-order valence-corrected chi connectivity index (χ4v) is 4.76. The molecule has 32 heavy (non-hydrogen) atoms. The van der Waals surface area contributed by atoms with Crippen molar-refractivity contribution in [3.63, 3.8) is 0 Å². The summed E-state index contributed by atoms with van der Waals surface area (Å²) >= 11 is 0. The minimum Gasteiger partial charge on any atom is -0.497 e. The Morgan fingerprint density at radius 3 is 2.53 bits per heavy atom. The zero-order chi connectivity index (χ0) is 23.3. The van der Waals surface area contributed by atoms with E-state index in [-0.39, 0.29) is 23.6 Å². The zero-order valence-electron chi connectivity index (χ0n) is 20.1. The molecular formula is C27H37FN2O2. The lowest BCUT2D eigenvalue weighted by atomic mass is 9.88. The number of rotatable bonds is 9. The van der Waals surface area contributed by atoms with E-state index in [0.717, 1.165) is 37.5 Å². The summed E-state index contributed by atoms with van der Waals surface area (Å²) in [6.45, 7) is 12.2. The van der Waals surface area contributed by atoms with Gasteiger partial charge in [-0.3, -0.25) is 9.69 Å². The molecular weight excluding hydrogens is 403 g/mol. The number of hydrogen-bond acceptors (Lipinski definition) is 3. The molecule has 174 valence electrons. The molecule has 0 radical (unpaired) electrons. The number of carbonyl (C=O) groups excluding carboxylic acids is 1. The second-order valence-electron chi connectivity index (χ2n) is 9.76. The number of nitrogens with zero attached hydrogens (tertiary/aromatic N) is 2. The average molecular weight is 441 g/mol. The standard InChI is InChI=1S/C27H37FN2O2/c1-19(2)14-30(27(31)20(3)4)17-23-16-29(15-21-8-6-10-24(28)12-21)18-26(23)22-9-7-11-25(13-22)32-5/h6-13,19-20,23,26H,14-18H2,1-5H3/t23-,26+/m0/s1. The summed E-state index contributed by atoms with van der Waals surface area (Å²) in [5, 5.41) is 0. The lowest BCUT2D eigenvalue weighted by Gasteiger charge is -2.31. The van der Waals surface area contributed by atoms with Crippen molar-refractivity contribution >= 4 is 5.91 Å². The van der Waals surface area contributed by atoms with Gasteiger partial charge in [0, 0.05) is 44.6 Å². The first-order valence-corrected chi connectivity index (χ1v) is 11.7. The van der Waals surface area contributed by atoms with E-state index < -0.39 is 0 Å². The summed E-state index contributed by atoms with van der Waals surface area (Å²) in [6, 6.07) is 15.1. The summed E-state index contributed by atoms with van der Waals surface area (Å²) in [4.78, 5) is 17.4. The van der Waals surface area contributed by atoms with E-state index in [1.165, 1.54) is 11.6 Å². The molecule has 1 aliphatic rings. The monoisotopic (exact) mass is 440 g/mol.